The molecule has 0 spiro atoms. The molecule has 7 heteroatoms. The zero-order valence-corrected chi connectivity index (χ0v) is 18.6. The van der Waals surface area contributed by atoms with Crippen LogP contribution in [0, 0.1) is 12.7 Å². The van der Waals surface area contributed by atoms with Gasteiger partial charge < -0.3 is 9.88 Å². The van der Waals surface area contributed by atoms with Crippen molar-refractivity contribution in [1.29, 1.82) is 0 Å². The fourth-order valence-electron chi connectivity index (χ4n) is 3.46. The Balaban J connectivity index is 1.66. The van der Waals surface area contributed by atoms with E-state index in [0.29, 0.717) is 22.6 Å². The lowest BCUT2D eigenvalue weighted by atomic mass is 10.0. The maximum atomic E-state index is 14.6. The predicted molar refractivity (Wildman–Crippen MR) is 121 cm³/mol. The van der Waals surface area contributed by atoms with E-state index < -0.39 is 11.9 Å². The smallest absolute Gasteiger partial charge is 0.253 e. The van der Waals surface area contributed by atoms with Gasteiger partial charge in [-0.15, -0.1) is 0 Å². The molecule has 4 rings (SSSR count). The third kappa shape index (κ3) is 4.41. The molecule has 2 heterocycles. The van der Waals surface area contributed by atoms with Gasteiger partial charge in [0.05, 0.1) is 17.0 Å². The van der Waals surface area contributed by atoms with Crippen molar-refractivity contribution in [2.24, 2.45) is 7.05 Å². The number of benzene rings is 2. The maximum Gasteiger partial charge on any atom is 0.253 e. The summed E-state index contributed by atoms with van der Waals surface area (Å²) in [4.78, 5) is 22.1. The first kappa shape index (κ1) is 20.9. The van der Waals surface area contributed by atoms with Crippen molar-refractivity contribution in [2.45, 2.75) is 13.0 Å². The van der Waals surface area contributed by atoms with E-state index >= 15 is 0 Å². The molecular formula is C24H20BrFN4O. The van der Waals surface area contributed by atoms with Crippen LogP contribution in [0.2, 0.25) is 0 Å². The van der Waals surface area contributed by atoms with E-state index in [-0.39, 0.29) is 5.91 Å². The molecule has 4 aromatic rings. The van der Waals surface area contributed by atoms with Gasteiger partial charge in [-0.05, 0) is 37.3 Å². The largest absolute Gasteiger partial charge is 0.338 e. The minimum atomic E-state index is -0.738. The number of hydrogen-bond acceptors (Lipinski definition) is 3. The Morgan fingerprint density at radius 1 is 1.13 bits per heavy atom. The molecule has 0 saturated heterocycles. The predicted octanol–water partition coefficient (Wildman–Crippen LogP) is 5.21. The normalized spacial score (nSPS) is 11.9. The molecule has 1 unspecified atom stereocenters. The van der Waals surface area contributed by atoms with Crippen LogP contribution in [0.3, 0.4) is 0 Å². The number of pyridine rings is 1. The number of aromatic nitrogens is 3. The molecular weight excluding hydrogens is 459 g/mol. The monoisotopic (exact) mass is 478 g/mol. The highest BCUT2D eigenvalue weighted by molar-refractivity contribution is 9.10. The van der Waals surface area contributed by atoms with E-state index in [4.69, 9.17) is 0 Å². The number of amides is 1. The van der Waals surface area contributed by atoms with Gasteiger partial charge in [-0.3, -0.25) is 9.78 Å². The van der Waals surface area contributed by atoms with Crippen LogP contribution in [0.4, 0.5) is 4.39 Å². The molecule has 1 atom stereocenters. The second-order valence-electron chi connectivity index (χ2n) is 7.16. The molecule has 0 fully saturated rings. The fraction of sp³-hybridized carbons (Fsp3) is 0.125. The first-order valence-electron chi connectivity index (χ1n) is 9.70. The van der Waals surface area contributed by atoms with Gasteiger partial charge in [0, 0.05) is 35.0 Å². The second-order valence-corrected chi connectivity index (χ2v) is 8.08. The minimum Gasteiger partial charge on any atom is -0.338 e. The number of imidazole rings is 1. The summed E-state index contributed by atoms with van der Waals surface area (Å²) in [6.07, 6.45) is 3.38. The third-order valence-corrected chi connectivity index (χ3v) is 5.55. The Hall–Kier alpha value is -3.32. The van der Waals surface area contributed by atoms with Crippen molar-refractivity contribution >= 4 is 21.8 Å². The molecule has 156 valence electrons. The molecule has 31 heavy (non-hydrogen) atoms. The van der Waals surface area contributed by atoms with Crippen molar-refractivity contribution in [3.05, 3.63) is 106 Å². The summed E-state index contributed by atoms with van der Waals surface area (Å²) in [6.45, 7) is 1.79. The first-order valence-corrected chi connectivity index (χ1v) is 10.5. The highest BCUT2D eigenvalue weighted by Gasteiger charge is 2.25. The Labute approximate surface area is 188 Å². The summed E-state index contributed by atoms with van der Waals surface area (Å²) in [7, 11) is 1.81. The number of nitrogens with zero attached hydrogens (tertiary/aromatic N) is 3. The summed E-state index contributed by atoms with van der Waals surface area (Å²) in [5.41, 5.74) is 3.07. The molecule has 0 aliphatic rings. The minimum absolute atomic E-state index is 0.345. The van der Waals surface area contributed by atoms with Gasteiger partial charge in [0.25, 0.3) is 5.91 Å². The van der Waals surface area contributed by atoms with Crippen molar-refractivity contribution in [2.75, 3.05) is 0 Å². The van der Waals surface area contributed by atoms with E-state index in [0.717, 1.165) is 15.7 Å². The van der Waals surface area contributed by atoms with Crippen molar-refractivity contribution < 1.29 is 9.18 Å². The van der Waals surface area contributed by atoms with E-state index in [1.54, 1.807) is 48.1 Å². The Kier molecular flexibility index (Phi) is 5.95. The molecule has 0 aliphatic heterocycles. The molecule has 2 aromatic carbocycles. The average molecular weight is 479 g/mol. The number of rotatable bonds is 5. The zero-order valence-electron chi connectivity index (χ0n) is 17.0. The number of halogens is 2. The van der Waals surface area contributed by atoms with Gasteiger partial charge in [0.1, 0.15) is 17.7 Å². The van der Waals surface area contributed by atoms with Crippen LogP contribution in [-0.4, -0.2) is 20.4 Å². The lowest BCUT2D eigenvalue weighted by Crippen LogP contribution is -2.32. The standard InChI is InChI=1S/C24H20BrFN4O/c1-15-18(10-11-21(28-15)16-6-5-7-17(25)14-16)24(31)29-22(23-27-12-13-30(23)2)19-8-3-4-9-20(19)26/h3-14,22H,1-2H3,(H,29,31). The quantitative estimate of drug-likeness (QED) is 0.428. The third-order valence-electron chi connectivity index (χ3n) is 5.06. The van der Waals surface area contributed by atoms with Crippen LogP contribution in [0.25, 0.3) is 11.3 Å². The zero-order chi connectivity index (χ0) is 22.0. The highest BCUT2D eigenvalue weighted by atomic mass is 79.9. The van der Waals surface area contributed by atoms with E-state index in [1.807, 2.05) is 37.4 Å². The van der Waals surface area contributed by atoms with Crippen LogP contribution in [-0.2, 0) is 7.05 Å². The van der Waals surface area contributed by atoms with Crippen LogP contribution in [0.1, 0.15) is 33.5 Å². The van der Waals surface area contributed by atoms with Gasteiger partial charge in [0.2, 0.25) is 0 Å². The van der Waals surface area contributed by atoms with Crippen molar-refractivity contribution in [1.82, 2.24) is 19.9 Å². The van der Waals surface area contributed by atoms with Crippen LogP contribution < -0.4 is 5.32 Å². The number of carbonyl (C=O) groups excluding carboxylic acids is 1. The molecule has 0 saturated carbocycles. The lowest BCUT2D eigenvalue weighted by Gasteiger charge is -2.20. The molecule has 0 bridgehead atoms. The highest BCUT2D eigenvalue weighted by Crippen LogP contribution is 2.25. The van der Waals surface area contributed by atoms with E-state index in [2.05, 4.69) is 31.2 Å². The molecule has 1 amide bonds. The maximum absolute atomic E-state index is 14.6. The first-order chi connectivity index (χ1) is 14.9. The van der Waals surface area contributed by atoms with Gasteiger partial charge in [-0.25, -0.2) is 9.37 Å². The summed E-state index contributed by atoms with van der Waals surface area (Å²) >= 11 is 3.46. The van der Waals surface area contributed by atoms with E-state index in [9.17, 15) is 9.18 Å². The second kappa shape index (κ2) is 8.81. The van der Waals surface area contributed by atoms with Gasteiger partial charge in [0.15, 0.2) is 0 Å². The van der Waals surface area contributed by atoms with Crippen LogP contribution in [0.5, 0.6) is 0 Å². The summed E-state index contributed by atoms with van der Waals surface area (Å²) in [5.74, 6) is -0.215. The Bertz CT molecular complexity index is 1250. The van der Waals surface area contributed by atoms with Crippen molar-refractivity contribution in [3.63, 3.8) is 0 Å². The molecule has 0 aliphatic carbocycles. The Morgan fingerprint density at radius 3 is 2.61 bits per heavy atom. The van der Waals surface area contributed by atoms with Gasteiger partial charge >= 0.3 is 0 Å². The fourth-order valence-corrected chi connectivity index (χ4v) is 3.86. The number of aryl methyl sites for hydroxylation is 2. The number of carbonyl (C=O) groups is 1. The molecule has 5 nitrogen and oxygen atoms in total. The summed E-state index contributed by atoms with van der Waals surface area (Å²) in [5, 5.41) is 2.93. The lowest BCUT2D eigenvalue weighted by molar-refractivity contribution is 0.0939. The van der Waals surface area contributed by atoms with Gasteiger partial charge in [-0.1, -0.05) is 46.3 Å². The molecule has 2 aromatic heterocycles. The van der Waals surface area contributed by atoms with Crippen molar-refractivity contribution in [3.8, 4) is 11.3 Å². The SMILES string of the molecule is Cc1nc(-c2cccc(Br)c2)ccc1C(=O)NC(c1ccccc1F)c1nccn1C. The number of nitrogens with one attached hydrogen (secondary N) is 1. The van der Waals surface area contributed by atoms with Gasteiger partial charge in [-0.2, -0.15) is 0 Å². The topological polar surface area (TPSA) is 59.8 Å². The van der Waals surface area contributed by atoms with E-state index in [1.165, 1.54) is 6.07 Å². The summed E-state index contributed by atoms with van der Waals surface area (Å²) < 4.78 is 17.3. The van der Waals surface area contributed by atoms with Crippen LogP contribution in [0.15, 0.2) is 77.5 Å². The average Bonchev–Trinajstić information content (AvgIpc) is 3.18. The molecule has 0 radical (unpaired) electrons. The molecule has 1 N–H and O–H groups in total. The van der Waals surface area contributed by atoms with Crippen LogP contribution >= 0.6 is 15.9 Å². The summed E-state index contributed by atoms with van der Waals surface area (Å²) in [6, 6.07) is 17.0. The number of hydrogen-bond donors (Lipinski definition) is 1. The Morgan fingerprint density at radius 2 is 1.94 bits per heavy atom.